The Kier molecular flexibility index (Phi) is 6.22. The van der Waals surface area contributed by atoms with E-state index in [0.29, 0.717) is 0 Å². The summed E-state index contributed by atoms with van der Waals surface area (Å²) < 4.78 is 0. The van der Waals surface area contributed by atoms with Crippen molar-refractivity contribution < 1.29 is 0 Å². The smallest absolute Gasteiger partial charge is 0.0345 e. The van der Waals surface area contributed by atoms with Gasteiger partial charge in [0.2, 0.25) is 0 Å². The molecule has 0 heteroatoms. The highest BCUT2D eigenvalue weighted by Gasteiger charge is 1.85. The first-order chi connectivity index (χ1) is 6.50. The minimum Gasteiger partial charge on any atom is -0.0885 e. The maximum Gasteiger partial charge on any atom is -0.0345 e. The number of allylic oxidation sites excluding steroid dienone is 6. The van der Waals surface area contributed by atoms with Crippen LogP contribution in [-0.2, 0) is 0 Å². The summed E-state index contributed by atoms with van der Waals surface area (Å²) in [6.45, 7) is 0. The molecule has 0 aliphatic heterocycles. The van der Waals surface area contributed by atoms with Crippen molar-refractivity contribution in [3.8, 4) is 0 Å². The van der Waals surface area contributed by atoms with Gasteiger partial charge in [0, 0.05) is 0 Å². The summed E-state index contributed by atoms with van der Waals surface area (Å²) in [5.41, 5.74) is 0. The summed E-state index contributed by atoms with van der Waals surface area (Å²) in [7, 11) is 0. The van der Waals surface area contributed by atoms with Gasteiger partial charge in [0.05, 0.1) is 0 Å². The third-order valence-electron chi connectivity index (χ3n) is 2.28. The minimum absolute atomic E-state index is 1.22. The molecule has 1 rings (SSSR count). The molecule has 0 atom stereocenters. The minimum atomic E-state index is 1.22. The van der Waals surface area contributed by atoms with E-state index in [1.165, 1.54) is 44.9 Å². The quantitative estimate of drug-likeness (QED) is 0.480. The Bertz CT molecular complexity index is 184. The highest BCUT2D eigenvalue weighted by molar-refractivity contribution is 5.02. The van der Waals surface area contributed by atoms with E-state index in [9.17, 15) is 0 Å². The lowest BCUT2D eigenvalue weighted by atomic mass is 10.1. The number of hydrogen-bond donors (Lipinski definition) is 0. The maximum atomic E-state index is 2.34. The second-order valence-electron chi connectivity index (χ2n) is 3.54. The average Bonchev–Trinajstić information content (AvgIpc) is 2.18. The van der Waals surface area contributed by atoms with E-state index in [2.05, 4.69) is 36.5 Å². The van der Waals surface area contributed by atoms with Gasteiger partial charge >= 0.3 is 0 Å². The Morgan fingerprint density at radius 3 is 1.62 bits per heavy atom. The molecule has 0 saturated heterocycles. The second kappa shape index (κ2) is 7.85. The van der Waals surface area contributed by atoms with Crippen molar-refractivity contribution >= 4 is 0 Å². The van der Waals surface area contributed by atoms with E-state index in [1.807, 2.05) is 0 Å². The van der Waals surface area contributed by atoms with Crippen LogP contribution >= 0.6 is 0 Å². The summed E-state index contributed by atoms with van der Waals surface area (Å²) >= 11 is 0. The van der Waals surface area contributed by atoms with Crippen molar-refractivity contribution in [2.24, 2.45) is 0 Å². The van der Waals surface area contributed by atoms with Gasteiger partial charge in [-0.25, -0.2) is 0 Å². The van der Waals surface area contributed by atoms with Crippen LogP contribution in [0.25, 0.3) is 0 Å². The van der Waals surface area contributed by atoms with Gasteiger partial charge in [0.25, 0.3) is 0 Å². The normalized spacial score (nSPS) is 27.7. The highest BCUT2D eigenvalue weighted by Crippen LogP contribution is 2.05. The van der Waals surface area contributed by atoms with Crippen LogP contribution in [0.2, 0.25) is 0 Å². The predicted octanol–water partition coefficient (Wildman–Crippen LogP) is 4.40. The van der Waals surface area contributed by atoms with Gasteiger partial charge in [-0.15, -0.1) is 0 Å². The van der Waals surface area contributed by atoms with E-state index in [4.69, 9.17) is 0 Å². The molecular formula is C13H20. The van der Waals surface area contributed by atoms with Crippen molar-refractivity contribution in [3.05, 3.63) is 36.5 Å². The summed E-state index contributed by atoms with van der Waals surface area (Å²) in [5, 5.41) is 0. The molecule has 0 spiro atoms. The third-order valence-corrected chi connectivity index (χ3v) is 2.28. The van der Waals surface area contributed by atoms with Crippen LogP contribution in [0.3, 0.4) is 0 Å². The molecule has 0 aromatic rings. The van der Waals surface area contributed by atoms with Crippen molar-refractivity contribution in [1.29, 1.82) is 0 Å². The van der Waals surface area contributed by atoms with Crippen LogP contribution in [-0.4, -0.2) is 0 Å². The van der Waals surface area contributed by atoms with E-state index < -0.39 is 0 Å². The third kappa shape index (κ3) is 6.39. The van der Waals surface area contributed by atoms with E-state index >= 15 is 0 Å². The molecule has 13 heavy (non-hydrogen) atoms. The predicted molar refractivity (Wildman–Crippen MR) is 59.7 cm³/mol. The summed E-state index contributed by atoms with van der Waals surface area (Å²) in [5.74, 6) is 0. The van der Waals surface area contributed by atoms with Crippen LogP contribution in [0, 0.1) is 0 Å². The Hall–Kier alpha value is -0.780. The zero-order chi connectivity index (χ0) is 9.19. The summed E-state index contributed by atoms with van der Waals surface area (Å²) in [4.78, 5) is 0. The molecule has 0 heterocycles. The Morgan fingerprint density at radius 2 is 0.923 bits per heavy atom. The van der Waals surface area contributed by atoms with Gasteiger partial charge in [-0.2, -0.15) is 0 Å². The SMILES string of the molecule is C1=C\CCC/C=C\CCCC\C=C/1. The largest absolute Gasteiger partial charge is 0.0885 e. The molecule has 0 fully saturated rings. The van der Waals surface area contributed by atoms with Gasteiger partial charge in [0.1, 0.15) is 0 Å². The Labute approximate surface area is 82.0 Å². The molecule has 0 aromatic heterocycles. The van der Waals surface area contributed by atoms with Crippen LogP contribution in [0.4, 0.5) is 0 Å². The monoisotopic (exact) mass is 176 g/mol. The second-order valence-corrected chi connectivity index (χ2v) is 3.54. The molecule has 0 saturated carbocycles. The standard InChI is InChI=1S/C13H20/c1-2-4-6-8-10-12-13-11-9-7-5-3-1/h1-4,11,13H,5-10,12H2/b3-1-,4-2-,13-11-. The van der Waals surface area contributed by atoms with Crippen LogP contribution in [0.1, 0.15) is 44.9 Å². The van der Waals surface area contributed by atoms with Crippen molar-refractivity contribution in [2.45, 2.75) is 44.9 Å². The van der Waals surface area contributed by atoms with Crippen LogP contribution in [0.15, 0.2) is 36.5 Å². The molecule has 0 bridgehead atoms. The molecule has 72 valence electrons. The lowest BCUT2D eigenvalue weighted by Gasteiger charge is -1.92. The first-order valence-electron chi connectivity index (χ1n) is 5.47. The lowest BCUT2D eigenvalue weighted by Crippen LogP contribution is -1.72. The first-order valence-corrected chi connectivity index (χ1v) is 5.47. The highest BCUT2D eigenvalue weighted by atomic mass is 13.9. The number of rotatable bonds is 0. The molecule has 0 radical (unpaired) electrons. The molecule has 0 N–H and O–H groups in total. The molecule has 0 aromatic carbocycles. The molecule has 0 amide bonds. The number of hydrogen-bond acceptors (Lipinski definition) is 0. The van der Waals surface area contributed by atoms with Gasteiger partial charge in [-0.3, -0.25) is 0 Å². The van der Waals surface area contributed by atoms with Crippen LogP contribution < -0.4 is 0 Å². The van der Waals surface area contributed by atoms with Gasteiger partial charge in [-0.1, -0.05) is 36.5 Å². The molecule has 1 aliphatic rings. The molecule has 0 unspecified atom stereocenters. The summed E-state index contributed by atoms with van der Waals surface area (Å²) in [6.07, 6.45) is 22.5. The van der Waals surface area contributed by atoms with E-state index in [0.717, 1.165) is 0 Å². The van der Waals surface area contributed by atoms with Crippen molar-refractivity contribution in [3.63, 3.8) is 0 Å². The topological polar surface area (TPSA) is 0 Å². The zero-order valence-corrected chi connectivity index (χ0v) is 8.41. The van der Waals surface area contributed by atoms with E-state index in [1.54, 1.807) is 0 Å². The van der Waals surface area contributed by atoms with Gasteiger partial charge < -0.3 is 0 Å². The van der Waals surface area contributed by atoms with Crippen molar-refractivity contribution in [1.82, 2.24) is 0 Å². The fraction of sp³-hybridized carbons (Fsp3) is 0.538. The van der Waals surface area contributed by atoms with Gasteiger partial charge in [0.15, 0.2) is 0 Å². The Balaban J connectivity index is 2.28. The average molecular weight is 176 g/mol. The molecule has 1 aliphatic carbocycles. The molecular weight excluding hydrogens is 156 g/mol. The van der Waals surface area contributed by atoms with Gasteiger partial charge in [-0.05, 0) is 44.9 Å². The fourth-order valence-corrected chi connectivity index (χ4v) is 1.46. The lowest BCUT2D eigenvalue weighted by molar-refractivity contribution is 0.759. The Morgan fingerprint density at radius 1 is 0.462 bits per heavy atom. The first kappa shape index (κ1) is 10.3. The van der Waals surface area contributed by atoms with Crippen molar-refractivity contribution in [2.75, 3.05) is 0 Å². The molecule has 0 nitrogen and oxygen atoms in total. The fourth-order valence-electron chi connectivity index (χ4n) is 1.46. The maximum absolute atomic E-state index is 2.34. The zero-order valence-electron chi connectivity index (χ0n) is 8.41. The van der Waals surface area contributed by atoms with E-state index in [-0.39, 0.29) is 0 Å². The summed E-state index contributed by atoms with van der Waals surface area (Å²) in [6, 6.07) is 0. The van der Waals surface area contributed by atoms with Crippen LogP contribution in [0.5, 0.6) is 0 Å².